The van der Waals surface area contributed by atoms with Crippen LogP contribution in [-0.2, 0) is 0 Å². The summed E-state index contributed by atoms with van der Waals surface area (Å²) in [4.78, 5) is 7.60. The van der Waals surface area contributed by atoms with E-state index in [0.717, 1.165) is 0 Å². The summed E-state index contributed by atoms with van der Waals surface area (Å²) in [5.41, 5.74) is 11.6. The molecule has 1 heterocycles. The van der Waals surface area contributed by atoms with Crippen molar-refractivity contribution in [3.63, 3.8) is 0 Å². The molecule has 2 aromatic rings. The van der Waals surface area contributed by atoms with Crippen LogP contribution >= 0.6 is 11.6 Å². The highest BCUT2D eigenvalue weighted by Crippen LogP contribution is 2.23. The van der Waals surface area contributed by atoms with Gasteiger partial charge in [-0.15, -0.1) is 0 Å². The molecule has 0 saturated carbocycles. The quantitative estimate of drug-likeness (QED) is 0.616. The lowest BCUT2D eigenvalue weighted by Gasteiger charge is -2.05. The fourth-order valence-corrected chi connectivity index (χ4v) is 1.34. The Kier molecular flexibility index (Phi) is 2.78. The summed E-state index contributed by atoms with van der Waals surface area (Å²) < 4.78 is 5.43. The molecule has 0 aliphatic carbocycles. The number of ether oxygens (including phenoxy) is 1. The van der Waals surface area contributed by atoms with E-state index in [4.69, 9.17) is 27.8 Å². The molecule has 0 fully saturated rings. The summed E-state index contributed by atoms with van der Waals surface area (Å²) >= 11 is 5.71. The fraction of sp³-hybridized carbons (Fsp3) is 0. The number of nitrogens with two attached hydrogens (primary N) is 2. The zero-order chi connectivity index (χ0) is 11.5. The summed E-state index contributed by atoms with van der Waals surface area (Å²) in [6.07, 6.45) is 0. The molecule has 1 aromatic heterocycles. The van der Waals surface area contributed by atoms with Crippen LogP contribution in [0, 0.1) is 0 Å². The smallest absolute Gasteiger partial charge is 0.225 e. The summed E-state index contributed by atoms with van der Waals surface area (Å²) in [5, 5.41) is 0.228. The summed E-state index contributed by atoms with van der Waals surface area (Å²) in [5.74, 6) is 0.906. The van der Waals surface area contributed by atoms with Crippen LogP contribution in [0.15, 0.2) is 30.3 Å². The predicted molar refractivity (Wildman–Crippen MR) is 62.4 cm³/mol. The SMILES string of the molecule is Nc1cccc(Oc2cc(Cl)nc(N)n2)c1. The topological polar surface area (TPSA) is 87.0 Å². The lowest BCUT2D eigenvalue weighted by Crippen LogP contribution is -1.97. The number of nitrogens with zero attached hydrogens (tertiary/aromatic N) is 2. The van der Waals surface area contributed by atoms with Crippen LogP contribution in [0.3, 0.4) is 0 Å². The molecule has 2 rings (SSSR count). The minimum atomic E-state index is 0.0615. The molecule has 1 aromatic carbocycles. The molecule has 0 aliphatic heterocycles. The Hall–Kier alpha value is -2.01. The van der Waals surface area contributed by atoms with Gasteiger partial charge in [0.05, 0.1) is 0 Å². The van der Waals surface area contributed by atoms with Crippen LogP contribution < -0.4 is 16.2 Å². The van der Waals surface area contributed by atoms with Crippen molar-refractivity contribution in [2.24, 2.45) is 0 Å². The number of hydrogen-bond acceptors (Lipinski definition) is 5. The maximum atomic E-state index is 5.71. The van der Waals surface area contributed by atoms with Crippen molar-refractivity contribution >= 4 is 23.2 Å². The summed E-state index contributed by atoms with van der Waals surface area (Å²) in [7, 11) is 0. The van der Waals surface area contributed by atoms with Gasteiger partial charge < -0.3 is 16.2 Å². The number of anilines is 2. The second-order valence-electron chi connectivity index (χ2n) is 3.06. The fourth-order valence-electron chi connectivity index (χ4n) is 1.16. The molecule has 82 valence electrons. The first-order valence-electron chi connectivity index (χ1n) is 4.47. The van der Waals surface area contributed by atoms with Crippen LogP contribution in [-0.4, -0.2) is 9.97 Å². The zero-order valence-electron chi connectivity index (χ0n) is 8.22. The van der Waals surface area contributed by atoms with Gasteiger partial charge in [-0.3, -0.25) is 0 Å². The number of halogens is 1. The lowest BCUT2D eigenvalue weighted by molar-refractivity contribution is 0.463. The van der Waals surface area contributed by atoms with Crippen molar-refractivity contribution < 1.29 is 4.74 Å². The summed E-state index contributed by atoms with van der Waals surface area (Å²) in [6, 6.07) is 8.43. The molecule has 0 aliphatic rings. The molecule has 0 bridgehead atoms. The van der Waals surface area contributed by atoms with E-state index in [2.05, 4.69) is 9.97 Å². The number of nitrogen functional groups attached to an aromatic ring is 2. The van der Waals surface area contributed by atoms with Gasteiger partial charge in [0.25, 0.3) is 0 Å². The highest BCUT2D eigenvalue weighted by molar-refractivity contribution is 6.29. The van der Waals surface area contributed by atoms with Gasteiger partial charge in [-0.25, -0.2) is 4.98 Å². The maximum absolute atomic E-state index is 5.71. The molecule has 4 N–H and O–H groups in total. The van der Waals surface area contributed by atoms with Crippen LogP contribution in [0.5, 0.6) is 11.6 Å². The van der Waals surface area contributed by atoms with Gasteiger partial charge >= 0.3 is 0 Å². The molecule has 0 radical (unpaired) electrons. The first-order chi connectivity index (χ1) is 7.63. The molecule has 16 heavy (non-hydrogen) atoms. The van der Waals surface area contributed by atoms with Crippen molar-refractivity contribution in [2.45, 2.75) is 0 Å². The Morgan fingerprint density at radius 1 is 1.12 bits per heavy atom. The van der Waals surface area contributed by atoms with Crippen LogP contribution in [0.1, 0.15) is 0 Å². The van der Waals surface area contributed by atoms with Crippen LogP contribution in [0.2, 0.25) is 5.15 Å². The second-order valence-corrected chi connectivity index (χ2v) is 3.45. The minimum absolute atomic E-state index is 0.0615. The maximum Gasteiger partial charge on any atom is 0.225 e. The average Bonchev–Trinajstić information content (AvgIpc) is 2.15. The monoisotopic (exact) mass is 236 g/mol. The number of benzene rings is 1. The molecular weight excluding hydrogens is 228 g/mol. The molecule has 0 unspecified atom stereocenters. The Morgan fingerprint density at radius 3 is 2.62 bits per heavy atom. The van der Waals surface area contributed by atoms with E-state index >= 15 is 0 Å². The van der Waals surface area contributed by atoms with Gasteiger partial charge in [0, 0.05) is 17.8 Å². The molecule has 0 saturated heterocycles. The van der Waals surface area contributed by atoms with Crippen LogP contribution in [0.25, 0.3) is 0 Å². The van der Waals surface area contributed by atoms with E-state index < -0.39 is 0 Å². The highest BCUT2D eigenvalue weighted by atomic mass is 35.5. The average molecular weight is 237 g/mol. The Labute approximate surface area is 97.0 Å². The third-order valence-corrected chi connectivity index (χ3v) is 1.96. The number of aromatic nitrogens is 2. The largest absolute Gasteiger partial charge is 0.439 e. The number of hydrogen-bond donors (Lipinski definition) is 2. The van der Waals surface area contributed by atoms with Gasteiger partial charge in [-0.1, -0.05) is 17.7 Å². The first-order valence-corrected chi connectivity index (χ1v) is 4.85. The second kappa shape index (κ2) is 4.24. The normalized spacial score (nSPS) is 10.1. The standard InChI is InChI=1S/C10H9ClN4O/c11-8-5-9(15-10(13)14-8)16-7-3-1-2-6(12)4-7/h1-5H,12H2,(H2,13,14,15). The lowest BCUT2D eigenvalue weighted by atomic mass is 10.3. The Bertz CT molecular complexity index is 498. The van der Waals surface area contributed by atoms with Gasteiger partial charge in [-0.05, 0) is 12.1 Å². The van der Waals surface area contributed by atoms with E-state index in [0.29, 0.717) is 11.4 Å². The van der Waals surface area contributed by atoms with Crippen molar-refractivity contribution in [1.82, 2.24) is 9.97 Å². The third kappa shape index (κ3) is 2.52. The predicted octanol–water partition coefficient (Wildman–Crippen LogP) is 2.09. The van der Waals surface area contributed by atoms with Gasteiger partial charge in [0.15, 0.2) is 0 Å². The minimum Gasteiger partial charge on any atom is -0.439 e. The van der Waals surface area contributed by atoms with E-state index in [1.165, 1.54) is 6.07 Å². The molecule has 0 amide bonds. The molecular formula is C10H9ClN4O. The molecule has 0 spiro atoms. The number of rotatable bonds is 2. The van der Waals surface area contributed by atoms with Crippen molar-refractivity contribution in [3.05, 3.63) is 35.5 Å². The summed E-state index contributed by atoms with van der Waals surface area (Å²) in [6.45, 7) is 0. The highest BCUT2D eigenvalue weighted by Gasteiger charge is 2.03. The first kappa shape index (κ1) is 10.5. The Morgan fingerprint density at radius 2 is 1.94 bits per heavy atom. The third-order valence-electron chi connectivity index (χ3n) is 1.77. The molecule has 0 atom stereocenters. The zero-order valence-corrected chi connectivity index (χ0v) is 8.98. The molecule has 5 nitrogen and oxygen atoms in total. The van der Waals surface area contributed by atoms with E-state index in [-0.39, 0.29) is 17.0 Å². The Balaban J connectivity index is 2.27. The van der Waals surface area contributed by atoms with Gasteiger partial charge in [0.2, 0.25) is 11.8 Å². The van der Waals surface area contributed by atoms with Crippen LogP contribution in [0.4, 0.5) is 11.6 Å². The van der Waals surface area contributed by atoms with Gasteiger partial charge in [0.1, 0.15) is 10.9 Å². The van der Waals surface area contributed by atoms with E-state index in [9.17, 15) is 0 Å². The molecule has 6 heteroatoms. The van der Waals surface area contributed by atoms with Crippen molar-refractivity contribution in [2.75, 3.05) is 11.5 Å². The van der Waals surface area contributed by atoms with E-state index in [1.807, 2.05) is 0 Å². The van der Waals surface area contributed by atoms with E-state index in [1.54, 1.807) is 24.3 Å². The van der Waals surface area contributed by atoms with Crippen molar-refractivity contribution in [3.8, 4) is 11.6 Å². The van der Waals surface area contributed by atoms with Gasteiger partial charge in [-0.2, -0.15) is 4.98 Å². The van der Waals surface area contributed by atoms with Crippen molar-refractivity contribution in [1.29, 1.82) is 0 Å².